The quantitative estimate of drug-likeness (QED) is 0.849. The summed E-state index contributed by atoms with van der Waals surface area (Å²) in [5.74, 6) is 1.76. The molecule has 2 aromatic carbocycles. The third kappa shape index (κ3) is 4.81. The Hall–Kier alpha value is -2.37. The molecule has 0 aromatic heterocycles. The van der Waals surface area contributed by atoms with Crippen molar-refractivity contribution in [3.63, 3.8) is 0 Å². The van der Waals surface area contributed by atoms with E-state index in [0.29, 0.717) is 6.54 Å². The van der Waals surface area contributed by atoms with E-state index in [1.54, 1.807) is 0 Å². The van der Waals surface area contributed by atoms with Crippen LogP contribution in [-0.4, -0.2) is 43.5 Å². The molecule has 0 bridgehead atoms. The van der Waals surface area contributed by atoms with Gasteiger partial charge in [0.25, 0.3) is 0 Å². The van der Waals surface area contributed by atoms with E-state index in [4.69, 9.17) is 4.74 Å². The van der Waals surface area contributed by atoms with Crippen LogP contribution in [0.2, 0.25) is 0 Å². The fourth-order valence-corrected chi connectivity index (χ4v) is 2.92. The van der Waals surface area contributed by atoms with Crippen molar-refractivity contribution >= 4 is 5.91 Å². The first-order valence-electron chi connectivity index (χ1n) is 8.78. The van der Waals surface area contributed by atoms with Gasteiger partial charge in [-0.05, 0) is 25.1 Å². The van der Waals surface area contributed by atoms with Crippen LogP contribution in [0.1, 0.15) is 18.5 Å². The summed E-state index contributed by atoms with van der Waals surface area (Å²) in [4.78, 5) is 14.2. The lowest BCUT2D eigenvalue weighted by Gasteiger charge is -2.28. The lowest BCUT2D eigenvalue weighted by atomic mass is 10.1. The molecule has 0 radical (unpaired) electrons. The minimum absolute atomic E-state index is 0.0202. The Bertz CT molecular complexity index is 684. The Morgan fingerprint density at radius 1 is 1.12 bits per heavy atom. The van der Waals surface area contributed by atoms with Gasteiger partial charge >= 0.3 is 0 Å². The van der Waals surface area contributed by atoms with Gasteiger partial charge in [-0.2, -0.15) is 0 Å². The normalized spacial score (nSPS) is 15.6. The number of hydrogen-bond donors (Lipinski definition) is 2. The Morgan fingerprint density at radius 3 is 2.56 bits per heavy atom. The van der Waals surface area contributed by atoms with Crippen LogP contribution < -0.4 is 15.4 Å². The number of ether oxygens (including phenoxy) is 1. The highest BCUT2D eigenvalue weighted by Crippen LogP contribution is 2.29. The van der Waals surface area contributed by atoms with Gasteiger partial charge in [-0.25, -0.2) is 0 Å². The fraction of sp³-hybridized carbons (Fsp3) is 0.350. The number of rotatable bonds is 6. The van der Waals surface area contributed by atoms with Gasteiger partial charge in [-0.15, -0.1) is 0 Å². The monoisotopic (exact) mass is 339 g/mol. The maximum absolute atomic E-state index is 12.3. The number of para-hydroxylation sites is 2. The largest absolute Gasteiger partial charge is 0.457 e. The van der Waals surface area contributed by atoms with E-state index in [0.717, 1.165) is 43.2 Å². The SMILES string of the molecule is CC(NCC(=O)N1CCNCC1)c1ccccc1Oc1ccccc1. The van der Waals surface area contributed by atoms with Gasteiger partial charge in [0.1, 0.15) is 11.5 Å². The molecule has 132 valence electrons. The number of carbonyl (C=O) groups is 1. The highest BCUT2D eigenvalue weighted by molar-refractivity contribution is 5.78. The second kappa shape index (κ2) is 8.65. The van der Waals surface area contributed by atoms with E-state index in [-0.39, 0.29) is 11.9 Å². The fourth-order valence-electron chi connectivity index (χ4n) is 2.92. The first-order chi connectivity index (χ1) is 12.2. The third-order valence-corrected chi connectivity index (χ3v) is 4.39. The standard InChI is InChI=1S/C20H25N3O2/c1-16(22-15-20(24)23-13-11-21-12-14-23)18-9-5-6-10-19(18)25-17-7-3-2-4-8-17/h2-10,16,21-22H,11-15H2,1H3. The van der Waals surface area contributed by atoms with Crippen LogP contribution in [0.25, 0.3) is 0 Å². The molecule has 0 saturated carbocycles. The predicted octanol–water partition coefficient (Wildman–Crippen LogP) is 2.56. The molecule has 1 saturated heterocycles. The second-order valence-corrected chi connectivity index (χ2v) is 6.19. The average Bonchev–Trinajstić information content (AvgIpc) is 2.68. The van der Waals surface area contributed by atoms with Crippen molar-refractivity contribution in [2.45, 2.75) is 13.0 Å². The molecule has 1 aliphatic heterocycles. The van der Waals surface area contributed by atoms with Crippen molar-refractivity contribution in [3.8, 4) is 11.5 Å². The van der Waals surface area contributed by atoms with Crippen LogP contribution >= 0.6 is 0 Å². The molecule has 1 heterocycles. The number of benzene rings is 2. The Labute approximate surface area is 149 Å². The average molecular weight is 339 g/mol. The Morgan fingerprint density at radius 2 is 1.80 bits per heavy atom. The maximum atomic E-state index is 12.3. The summed E-state index contributed by atoms with van der Waals surface area (Å²) >= 11 is 0. The first kappa shape index (κ1) is 17.5. The summed E-state index contributed by atoms with van der Waals surface area (Å²) in [6.07, 6.45) is 0. The summed E-state index contributed by atoms with van der Waals surface area (Å²) in [6.45, 7) is 5.69. The molecule has 2 N–H and O–H groups in total. The molecule has 25 heavy (non-hydrogen) atoms. The number of nitrogens with one attached hydrogen (secondary N) is 2. The third-order valence-electron chi connectivity index (χ3n) is 4.39. The Balaban J connectivity index is 1.61. The summed E-state index contributed by atoms with van der Waals surface area (Å²) in [6, 6.07) is 17.7. The lowest BCUT2D eigenvalue weighted by molar-refractivity contribution is -0.130. The topological polar surface area (TPSA) is 53.6 Å². The molecule has 0 spiro atoms. The minimum Gasteiger partial charge on any atom is -0.457 e. The van der Waals surface area contributed by atoms with E-state index in [1.165, 1.54) is 0 Å². The second-order valence-electron chi connectivity index (χ2n) is 6.19. The number of amides is 1. The molecule has 1 aliphatic rings. The number of hydrogen-bond acceptors (Lipinski definition) is 4. The van der Waals surface area contributed by atoms with E-state index in [9.17, 15) is 4.79 Å². The first-order valence-corrected chi connectivity index (χ1v) is 8.78. The van der Waals surface area contributed by atoms with Crippen molar-refractivity contribution in [1.29, 1.82) is 0 Å². The van der Waals surface area contributed by atoms with Crippen LogP contribution in [-0.2, 0) is 4.79 Å². The predicted molar refractivity (Wildman–Crippen MR) is 98.8 cm³/mol. The van der Waals surface area contributed by atoms with Crippen molar-refractivity contribution in [3.05, 3.63) is 60.2 Å². The molecule has 1 atom stereocenters. The number of piperazine rings is 1. The highest BCUT2D eigenvalue weighted by atomic mass is 16.5. The molecule has 3 rings (SSSR count). The zero-order chi connectivity index (χ0) is 17.5. The van der Waals surface area contributed by atoms with Crippen molar-refractivity contribution < 1.29 is 9.53 Å². The molecule has 1 amide bonds. The van der Waals surface area contributed by atoms with E-state index < -0.39 is 0 Å². The minimum atomic E-state index is 0.0202. The summed E-state index contributed by atoms with van der Waals surface area (Å²) in [5, 5.41) is 6.59. The van der Waals surface area contributed by atoms with Crippen LogP contribution in [0.15, 0.2) is 54.6 Å². The molecule has 1 fully saturated rings. The molecule has 0 aliphatic carbocycles. The van der Waals surface area contributed by atoms with Gasteiger partial charge in [-0.1, -0.05) is 36.4 Å². The van der Waals surface area contributed by atoms with Crippen LogP contribution in [0, 0.1) is 0 Å². The molecule has 2 aromatic rings. The highest BCUT2D eigenvalue weighted by Gasteiger charge is 2.18. The van der Waals surface area contributed by atoms with Crippen molar-refractivity contribution in [2.24, 2.45) is 0 Å². The maximum Gasteiger partial charge on any atom is 0.236 e. The molecular weight excluding hydrogens is 314 g/mol. The van der Waals surface area contributed by atoms with Crippen LogP contribution in [0.5, 0.6) is 11.5 Å². The molecule has 5 heteroatoms. The van der Waals surface area contributed by atoms with E-state index in [2.05, 4.69) is 17.6 Å². The molecule has 5 nitrogen and oxygen atoms in total. The molecular formula is C20H25N3O2. The van der Waals surface area contributed by atoms with Crippen molar-refractivity contribution in [2.75, 3.05) is 32.7 Å². The van der Waals surface area contributed by atoms with Gasteiger partial charge in [0.05, 0.1) is 6.54 Å². The van der Waals surface area contributed by atoms with Gasteiger partial charge in [0, 0.05) is 37.8 Å². The summed E-state index contributed by atoms with van der Waals surface area (Å²) in [5.41, 5.74) is 1.04. The summed E-state index contributed by atoms with van der Waals surface area (Å²) in [7, 11) is 0. The molecule has 1 unspecified atom stereocenters. The Kier molecular flexibility index (Phi) is 6.04. The lowest BCUT2D eigenvalue weighted by Crippen LogP contribution is -2.49. The van der Waals surface area contributed by atoms with Gasteiger partial charge in [-0.3, -0.25) is 4.79 Å². The summed E-state index contributed by atoms with van der Waals surface area (Å²) < 4.78 is 6.01. The zero-order valence-electron chi connectivity index (χ0n) is 14.6. The van der Waals surface area contributed by atoms with E-state index >= 15 is 0 Å². The van der Waals surface area contributed by atoms with Crippen LogP contribution in [0.4, 0.5) is 0 Å². The zero-order valence-corrected chi connectivity index (χ0v) is 14.6. The van der Waals surface area contributed by atoms with Crippen molar-refractivity contribution in [1.82, 2.24) is 15.5 Å². The number of nitrogens with zero attached hydrogens (tertiary/aromatic N) is 1. The number of carbonyl (C=O) groups excluding carboxylic acids is 1. The smallest absolute Gasteiger partial charge is 0.236 e. The van der Waals surface area contributed by atoms with Gasteiger partial charge in [0.2, 0.25) is 5.91 Å². The van der Waals surface area contributed by atoms with E-state index in [1.807, 2.05) is 59.5 Å². The van der Waals surface area contributed by atoms with Crippen LogP contribution in [0.3, 0.4) is 0 Å². The van der Waals surface area contributed by atoms with Gasteiger partial charge in [0.15, 0.2) is 0 Å². The van der Waals surface area contributed by atoms with Gasteiger partial charge < -0.3 is 20.3 Å².